The van der Waals surface area contributed by atoms with Crippen LogP contribution in [0.3, 0.4) is 0 Å². The van der Waals surface area contributed by atoms with Crippen LogP contribution in [0.4, 0.5) is 0 Å². The minimum Gasteiger partial charge on any atom is -0.465 e. The Balaban J connectivity index is 0. The lowest BCUT2D eigenvalue weighted by Gasteiger charge is -2.07. The summed E-state index contributed by atoms with van der Waals surface area (Å²) in [6, 6.07) is 0. The Kier molecular flexibility index (Phi) is 19.9. The molecule has 0 aliphatic heterocycles. The van der Waals surface area contributed by atoms with Crippen molar-refractivity contribution in [2.24, 2.45) is 0 Å². The lowest BCUT2D eigenvalue weighted by atomic mass is 10.2. The highest BCUT2D eigenvalue weighted by Crippen LogP contribution is 2.21. The van der Waals surface area contributed by atoms with Gasteiger partial charge in [0.05, 0.1) is 0 Å². The molecule has 0 aromatic heterocycles. The summed E-state index contributed by atoms with van der Waals surface area (Å²) in [6.45, 7) is 7.91. The fourth-order valence-corrected chi connectivity index (χ4v) is 3.16. The third kappa shape index (κ3) is 22.8. The Morgan fingerprint density at radius 2 is 1.32 bits per heavy atom. The van der Waals surface area contributed by atoms with E-state index in [1.54, 1.807) is 21.6 Å². The molecule has 0 spiro atoms. The lowest BCUT2D eigenvalue weighted by molar-refractivity contribution is -0.140. The van der Waals surface area contributed by atoms with Crippen molar-refractivity contribution < 1.29 is 23.9 Å². The van der Waals surface area contributed by atoms with Crippen LogP contribution < -0.4 is 10.6 Å². The van der Waals surface area contributed by atoms with Gasteiger partial charge in [-0.15, -0.1) is 0 Å². The van der Waals surface area contributed by atoms with Gasteiger partial charge in [0, 0.05) is 50.8 Å². The molecule has 0 rings (SSSR count). The van der Waals surface area contributed by atoms with E-state index < -0.39 is 0 Å². The molecule has 146 valence electrons. The van der Waals surface area contributed by atoms with Crippen molar-refractivity contribution in [3.05, 3.63) is 0 Å². The Labute approximate surface area is 158 Å². The smallest absolute Gasteiger partial charge is 0.302 e. The van der Waals surface area contributed by atoms with E-state index in [0.29, 0.717) is 37.6 Å². The second-order valence-electron chi connectivity index (χ2n) is 4.64. The van der Waals surface area contributed by atoms with Crippen molar-refractivity contribution in [3.8, 4) is 0 Å². The van der Waals surface area contributed by atoms with Crippen LogP contribution in [0.5, 0.6) is 0 Å². The van der Waals surface area contributed by atoms with Crippen LogP contribution in [0.1, 0.15) is 47.0 Å². The molecular formula is C16H30N2O5S2. The van der Waals surface area contributed by atoms with E-state index in [1.807, 2.05) is 13.8 Å². The third-order valence-corrected chi connectivity index (χ3v) is 4.81. The van der Waals surface area contributed by atoms with Gasteiger partial charge >= 0.3 is 5.97 Å². The summed E-state index contributed by atoms with van der Waals surface area (Å²) in [6.07, 6.45) is 0.818. The molecule has 9 heteroatoms. The largest absolute Gasteiger partial charge is 0.465 e. The van der Waals surface area contributed by atoms with Gasteiger partial charge in [-0.2, -0.15) is 0 Å². The van der Waals surface area contributed by atoms with Crippen molar-refractivity contribution >= 4 is 45.2 Å². The van der Waals surface area contributed by atoms with Gasteiger partial charge < -0.3 is 20.2 Å². The molecule has 0 aromatic carbocycles. The highest BCUT2D eigenvalue weighted by atomic mass is 33.1. The summed E-state index contributed by atoms with van der Waals surface area (Å²) in [4.78, 5) is 44.1. The molecule has 25 heavy (non-hydrogen) atoms. The van der Waals surface area contributed by atoms with Gasteiger partial charge in [-0.05, 0) is 6.92 Å². The first-order chi connectivity index (χ1) is 11.9. The number of rotatable bonds is 13. The number of hydrogen-bond donors (Lipinski definition) is 2. The Morgan fingerprint density at radius 1 is 0.800 bits per heavy atom. The maximum Gasteiger partial charge on any atom is 0.302 e. The van der Waals surface area contributed by atoms with Gasteiger partial charge in [0.15, 0.2) is 0 Å². The number of carbonyl (C=O) groups excluding carboxylic acids is 4. The van der Waals surface area contributed by atoms with E-state index in [1.165, 1.54) is 13.8 Å². The van der Waals surface area contributed by atoms with Crippen molar-refractivity contribution in [2.75, 3.05) is 31.2 Å². The zero-order valence-electron chi connectivity index (χ0n) is 15.5. The molecule has 0 saturated heterocycles. The fraction of sp³-hybridized carbons (Fsp3) is 0.750. The van der Waals surface area contributed by atoms with Crippen LogP contribution in [0.25, 0.3) is 0 Å². The minimum atomic E-state index is -0.289. The van der Waals surface area contributed by atoms with E-state index in [2.05, 4.69) is 10.6 Å². The summed E-state index contributed by atoms with van der Waals surface area (Å²) in [7, 11) is 3.10. The van der Waals surface area contributed by atoms with E-state index in [0.717, 1.165) is 0 Å². The normalized spacial score (nSPS) is 9.44. The maximum atomic E-state index is 11.5. The monoisotopic (exact) mass is 394 g/mol. The number of esters is 1. The second-order valence-corrected chi connectivity index (χ2v) is 7.34. The number of Topliss-reactive ketones (excluding diaryl/α,β-unsaturated/α-hetero) is 1. The molecule has 0 fully saturated rings. The number of carbonyl (C=O) groups is 4. The fourth-order valence-electron chi connectivity index (χ4n) is 1.34. The standard InChI is InChI=1S/C14H24N2O5S2.C2H6/c1-11(17)3-4-13(19)15-6-7-16-14(20)5-9-22-23-10-8-21-12(2)18;1-2/h3-10H2,1-2H3,(H,15,19)(H,16,20);1-2H3. The number of amides is 2. The topological polar surface area (TPSA) is 102 Å². The number of hydrogen-bond acceptors (Lipinski definition) is 7. The summed E-state index contributed by atoms with van der Waals surface area (Å²) >= 11 is 0. The Hall–Kier alpha value is -1.22. The van der Waals surface area contributed by atoms with Gasteiger partial charge in [-0.3, -0.25) is 14.4 Å². The molecule has 0 aliphatic rings. The number of ether oxygens (including phenoxy) is 1. The predicted molar refractivity (Wildman–Crippen MR) is 103 cm³/mol. The third-order valence-electron chi connectivity index (χ3n) is 2.44. The SMILES string of the molecule is CC.CC(=O)CCC(=O)NCCNC(=O)CCSSCCOC(C)=O. The van der Waals surface area contributed by atoms with E-state index in [9.17, 15) is 19.2 Å². The van der Waals surface area contributed by atoms with Crippen LogP contribution in [0, 0.1) is 0 Å². The van der Waals surface area contributed by atoms with Crippen LogP contribution in [0.2, 0.25) is 0 Å². The van der Waals surface area contributed by atoms with Gasteiger partial charge in [-0.25, -0.2) is 0 Å². The molecule has 0 heterocycles. The lowest BCUT2D eigenvalue weighted by Crippen LogP contribution is -2.34. The molecule has 0 radical (unpaired) electrons. The summed E-state index contributed by atoms with van der Waals surface area (Å²) in [5.74, 6) is 0.796. The zero-order chi connectivity index (χ0) is 19.5. The highest BCUT2D eigenvalue weighted by molar-refractivity contribution is 8.76. The summed E-state index contributed by atoms with van der Waals surface area (Å²) in [5, 5.41) is 5.34. The molecule has 0 aliphatic carbocycles. The zero-order valence-corrected chi connectivity index (χ0v) is 17.1. The summed E-state index contributed by atoms with van der Waals surface area (Å²) < 4.78 is 4.78. The van der Waals surface area contributed by atoms with Crippen LogP contribution in [-0.4, -0.2) is 54.8 Å². The van der Waals surface area contributed by atoms with Crippen molar-refractivity contribution in [2.45, 2.75) is 47.0 Å². The second kappa shape index (κ2) is 19.1. The number of ketones is 1. The first-order valence-corrected chi connectivity index (χ1v) is 10.8. The molecule has 0 saturated carbocycles. The van der Waals surface area contributed by atoms with E-state index in [-0.39, 0.29) is 36.4 Å². The van der Waals surface area contributed by atoms with Gasteiger partial charge in [0.2, 0.25) is 11.8 Å². The summed E-state index contributed by atoms with van der Waals surface area (Å²) in [5.41, 5.74) is 0. The molecule has 0 bridgehead atoms. The molecule has 7 nitrogen and oxygen atoms in total. The van der Waals surface area contributed by atoms with Crippen molar-refractivity contribution in [1.29, 1.82) is 0 Å². The van der Waals surface area contributed by atoms with Crippen LogP contribution in [-0.2, 0) is 23.9 Å². The minimum absolute atomic E-state index is 0.0170. The van der Waals surface area contributed by atoms with E-state index >= 15 is 0 Å². The average Bonchev–Trinajstić information content (AvgIpc) is 2.57. The van der Waals surface area contributed by atoms with Crippen LogP contribution >= 0.6 is 21.6 Å². The predicted octanol–water partition coefficient (Wildman–Crippen LogP) is 1.95. The van der Waals surface area contributed by atoms with Gasteiger partial charge in [0.25, 0.3) is 0 Å². The van der Waals surface area contributed by atoms with Gasteiger partial charge in [-0.1, -0.05) is 35.4 Å². The first kappa shape index (κ1) is 26.0. The average molecular weight is 395 g/mol. The van der Waals surface area contributed by atoms with Gasteiger partial charge in [0.1, 0.15) is 12.4 Å². The molecule has 0 aromatic rings. The number of nitrogens with one attached hydrogen (secondary N) is 2. The van der Waals surface area contributed by atoms with E-state index in [4.69, 9.17) is 4.74 Å². The highest BCUT2D eigenvalue weighted by Gasteiger charge is 2.04. The molecular weight excluding hydrogens is 364 g/mol. The maximum absolute atomic E-state index is 11.5. The Morgan fingerprint density at radius 3 is 1.84 bits per heavy atom. The Bertz CT molecular complexity index is 406. The molecule has 2 N–H and O–H groups in total. The molecule has 0 atom stereocenters. The van der Waals surface area contributed by atoms with Crippen molar-refractivity contribution in [3.63, 3.8) is 0 Å². The molecule has 2 amide bonds. The quantitative estimate of drug-likeness (QED) is 0.280. The first-order valence-electron chi connectivity index (χ1n) is 8.32. The molecule has 0 unspecified atom stereocenters. The van der Waals surface area contributed by atoms with Crippen molar-refractivity contribution in [1.82, 2.24) is 10.6 Å². The van der Waals surface area contributed by atoms with Crippen LogP contribution in [0.15, 0.2) is 0 Å².